The van der Waals surface area contributed by atoms with E-state index in [9.17, 15) is 4.79 Å². The molecule has 5 rings (SSSR count). The van der Waals surface area contributed by atoms with E-state index in [-0.39, 0.29) is 22.9 Å². The number of thioether (sulfide) groups is 1. The number of furan rings is 2. The Labute approximate surface area is 185 Å². The molecule has 1 unspecified atom stereocenters. The highest BCUT2D eigenvalue weighted by Crippen LogP contribution is 2.34. The Morgan fingerprint density at radius 2 is 2.00 bits per heavy atom. The van der Waals surface area contributed by atoms with Crippen LogP contribution in [0, 0.1) is 0 Å². The minimum atomic E-state index is -0.340. The van der Waals surface area contributed by atoms with Gasteiger partial charge in [0.1, 0.15) is 23.3 Å². The number of hydrogen-bond acceptors (Lipinski definition) is 8. The summed E-state index contributed by atoms with van der Waals surface area (Å²) < 4.78 is 16.6. The summed E-state index contributed by atoms with van der Waals surface area (Å²) in [6.07, 6.45) is 3.65. The van der Waals surface area contributed by atoms with Crippen LogP contribution in [0.4, 0.5) is 0 Å². The van der Waals surface area contributed by atoms with Crippen LogP contribution >= 0.6 is 23.4 Å². The van der Waals surface area contributed by atoms with E-state index >= 15 is 0 Å². The van der Waals surface area contributed by atoms with Gasteiger partial charge in [-0.1, -0.05) is 29.4 Å². The molecule has 8 nitrogen and oxygen atoms in total. The van der Waals surface area contributed by atoms with E-state index < -0.39 is 0 Å². The van der Waals surface area contributed by atoms with Gasteiger partial charge in [-0.05, 0) is 42.5 Å². The third-order valence-corrected chi connectivity index (χ3v) is 5.68. The molecule has 4 heterocycles. The number of benzene rings is 1. The average molecular weight is 455 g/mol. The third-order valence-electron chi connectivity index (χ3n) is 4.64. The summed E-state index contributed by atoms with van der Waals surface area (Å²) in [6, 6.07) is 14.0. The average Bonchev–Trinajstić information content (AvgIpc) is 3.57. The molecule has 1 aliphatic heterocycles. The number of rotatable bonds is 6. The normalized spacial score (nSPS) is 16.0. The summed E-state index contributed by atoms with van der Waals surface area (Å²) in [4.78, 5) is 13.0. The summed E-state index contributed by atoms with van der Waals surface area (Å²) in [5.74, 6) is 1.48. The number of halogens is 1. The van der Waals surface area contributed by atoms with Crippen molar-refractivity contribution < 1.29 is 18.0 Å². The van der Waals surface area contributed by atoms with Crippen molar-refractivity contribution in [1.82, 2.24) is 15.2 Å². The number of aromatic nitrogens is 2. The molecule has 1 amide bonds. The van der Waals surface area contributed by atoms with E-state index in [0.29, 0.717) is 40.1 Å². The topological polar surface area (TPSA) is 97.9 Å². The quantitative estimate of drug-likeness (QED) is 0.376. The fourth-order valence-electron chi connectivity index (χ4n) is 3.23. The van der Waals surface area contributed by atoms with Crippen LogP contribution in [-0.4, -0.2) is 32.6 Å². The van der Waals surface area contributed by atoms with Gasteiger partial charge in [-0.2, -0.15) is 5.10 Å². The van der Waals surface area contributed by atoms with E-state index in [4.69, 9.17) is 24.9 Å². The first kappa shape index (κ1) is 19.7. The largest absolute Gasteiger partial charge is 0.467 e. The molecule has 0 saturated carbocycles. The second kappa shape index (κ2) is 8.44. The van der Waals surface area contributed by atoms with Crippen LogP contribution in [0.3, 0.4) is 0 Å². The Hall–Kier alpha value is -3.30. The Bertz CT molecular complexity index is 1220. The number of hydrazone groups is 1. The highest BCUT2D eigenvalue weighted by molar-refractivity contribution is 7.99. The number of carbonyl (C=O) groups excluding carboxylic acids is 1. The predicted octanol–water partition coefficient (Wildman–Crippen LogP) is 5.05. The van der Waals surface area contributed by atoms with Crippen molar-refractivity contribution in [1.29, 1.82) is 0 Å². The van der Waals surface area contributed by atoms with Crippen LogP contribution in [-0.2, 0) is 4.79 Å². The molecular weight excluding hydrogens is 440 g/mol. The van der Waals surface area contributed by atoms with Crippen molar-refractivity contribution in [2.75, 3.05) is 5.75 Å². The molecule has 1 aliphatic rings. The van der Waals surface area contributed by atoms with E-state index in [2.05, 4.69) is 15.3 Å². The van der Waals surface area contributed by atoms with Gasteiger partial charge in [-0.15, -0.1) is 10.2 Å². The number of hydrogen-bond donors (Lipinski definition) is 0. The lowest BCUT2D eigenvalue weighted by atomic mass is 10.1. The molecule has 1 atom stereocenters. The Morgan fingerprint density at radius 3 is 2.77 bits per heavy atom. The molecule has 0 saturated heterocycles. The molecule has 0 aliphatic carbocycles. The second-order valence-electron chi connectivity index (χ2n) is 6.67. The van der Waals surface area contributed by atoms with Crippen LogP contribution in [0.1, 0.15) is 24.0 Å². The zero-order chi connectivity index (χ0) is 21.2. The highest BCUT2D eigenvalue weighted by Gasteiger charge is 2.35. The van der Waals surface area contributed by atoms with E-state index in [1.807, 2.05) is 18.2 Å². The van der Waals surface area contributed by atoms with Crippen molar-refractivity contribution in [3.63, 3.8) is 0 Å². The molecule has 0 spiro atoms. The summed E-state index contributed by atoms with van der Waals surface area (Å²) in [5.41, 5.74) is 1.40. The van der Waals surface area contributed by atoms with Gasteiger partial charge >= 0.3 is 0 Å². The number of carbonyl (C=O) groups is 1. The van der Waals surface area contributed by atoms with Gasteiger partial charge in [0.15, 0.2) is 0 Å². The van der Waals surface area contributed by atoms with E-state index in [1.54, 1.807) is 42.9 Å². The fourth-order valence-corrected chi connectivity index (χ4v) is 4.04. The Balaban J connectivity index is 1.30. The van der Waals surface area contributed by atoms with Crippen molar-refractivity contribution in [2.24, 2.45) is 5.10 Å². The fraction of sp³-hybridized carbons (Fsp3) is 0.143. The first-order valence-corrected chi connectivity index (χ1v) is 10.7. The van der Waals surface area contributed by atoms with Crippen molar-refractivity contribution in [2.45, 2.75) is 17.7 Å². The van der Waals surface area contributed by atoms with E-state index in [1.165, 1.54) is 5.01 Å². The molecule has 3 aromatic heterocycles. The number of amides is 1. The summed E-state index contributed by atoms with van der Waals surface area (Å²) in [6.45, 7) is 0. The van der Waals surface area contributed by atoms with Gasteiger partial charge in [0, 0.05) is 17.0 Å². The van der Waals surface area contributed by atoms with Crippen LogP contribution in [0.15, 0.2) is 84.6 Å². The molecule has 10 heteroatoms. The minimum Gasteiger partial charge on any atom is -0.467 e. The monoisotopic (exact) mass is 454 g/mol. The van der Waals surface area contributed by atoms with Crippen LogP contribution in [0.5, 0.6) is 0 Å². The molecule has 31 heavy (non-hydrogen) atoms. The zero-order valence-electron chi connectivity index (χ0n) is 16.0. The predicted molar refractivity (Wildman–Crippen MR) is 114 cm³/mol. The van der Waals surface area contributed by atoms with E-state index in [0.717, 1.165) is 11.8 Å². The molecular formula is C21H15ClN4O4S. The Morgan fingerprint density at radius 1 is 1.13 bits per heavy atom. The van der Waals surface area contributed by atoms with Crippen LogP contribution < -0.4 is 0 Å². The molecule has 0 N–H and O–H groups in total. The maximum absolute atomic E-state index is 13.0. The zero-order valence-corrected chi connectivity index (χ0v) is 17.5. The van der Waals surface area contributed by atoms with Crippen LogP contribution in [0.25, 0.3) is 11.5 Å². The maximum atomic E-state index is 13.0. The smallest absolute Gasteiger partial charge is 0.277 e. The molecule has 156 valence electrons. The maximum Gasteiger partial charge on any atom is 0.277 e. The minimum absolute atomic E-state index is 0.0727. The first-order valence-electron chi connectivity index (χ1n) is 9.36. The lowest BCUT2D eigenvalue weighted by Gasteiger charge is -2.19. The molecule has 0 radical (unpaired) electrons. The summed E-state index contributed by atoms with van der Waals surface area (Å²) in [5, 5.41) is 14.8. The van der Waals surface area contributed by atoms with Crippen molar-refractivity contribution in [3.05, 3.63) is 77.6 Å². The third kappa shape index (κ3) is 4.14. The molecule has 1 aromatic carbocycles. The van der Waals surface area contributed by atoms with Gasteiger partial charge in [-0.25, -0.2) is 5.01 Å². The second-order valence-corrected chi connectivity index (χ2v) is 8.03. The first-order chi connectivity index (χ1) is 15.2. The van der Waals surface area contributed by atoms with Crippen molar-refractivity contribution in [3.8, 4) is 11.5 Å². The highest BCUT2D eigenvalue weighted by atomic mass is 35.5. The molecule has 0 fully saturated rings. The van der Waals surface area contributed by atoms with Gasteiger partial charge in [-0.3, -0.25) is 4.79 Å². The number of nitrogens with zero attached hydrogens (tertiary/aromatic N) is 4. The molecule has 4 aromatic rings. The van der Waals surface area contributed by atoms with Gasteiger partial charge < -0.3 is 13.3 Å². The SMILES string of the molecule is O=C(CSc1nnc(-c2cccc(Cl)c2)o1)N1N=C(c2ccco2)CC1c1ccco1. The summed E-state index contributed by atoms with van der Waals surface area (Å²) in [7, 11) is 0. The van der Waals surface area contributed by atoms with Gasteiger partial charge in [0.05, 0.1) is 18.3 Å². The lowest BCUT2D eigenvalue weighted by Crippen LogP contribution is -2.28. The lowest BCUT2D eigenvalue weighted by molar-refractivity contribution is -0.130. The Kier molecular flexibility index (Phi) is 5.35. The van der Waals surface area contributed by atoms with Crippen LogP contribution in [0.2, 0.25) is 5.02 Å². The van der Waals surface area contributed by atoms with Gasteiger partial charge in [0.2, 0.25) is 5.89 Å². The van der Waals surface area contributed by atoms with Crippen molar-refractivity contribution >= 4 is 35.0 Å². The molecule has 0 bridgehead atoms. The standard InChI is InChI=1S/C21H15ClN4O4S/c22-14-5-1-4-13(10-14)20-23-24-21(30-20)31-12-19(27)26-16(18-7-3-9-29-18)11-15(25-26)17-6-2-8-28-17/h1-10,16H,11-12H2. The summed E-state index contributed by atoms with van der Waals surface area (Å²) >= 11 is 7.15. The van der Waals surface area contributed by atoms with Gasteiger partial charge in [0.25, 0.3) is 11.1 Å².